The van der Waals surface area contributed by atoms with E-state index in [-0.39, 0.29) is 23.0 Å². The van der Waals surface area contributed by atoms with Gasteiger partial charge in [-0.05, 0) is 43.2 Å². The molecule has 0 unspecified atom stereocenters. The molecule has 0 radical (unpaired) electrons. The number of likely N-dealkylation sites (tertiary alicyclic amines) is 1. The molecular formula is C21H24FN5O2. The molecule has 0 spiro atoms. The van der Waals surface area contributed by atoms with Crippen LogP contribution in [0.2, 0.25) is 0 Å². The van der Waals surface area contributed by atoms with Gasteiger partial charge in [0.05, 0.1) is 16.6 Å². The van der Waals surface area contributed by atoms with Crippen LogP contribution in [0.1, 0.15) is 29.2 Å². The van der Waals surface area contributed by atoms with Crippen molar-refractivity contribution < 1.29 is 9.18 Å². The molecule has 29 heavy (non-hydrogen) atoms. The summed E-state index contributed by atoms with van der Waals surface area (Å²) >= 11 is 0. The van der Waals surface area contributed by atoms with E-state index in [9.17, 15) is 14.0 Å². The zero-order valence-electron chi connectivity index (χ0n) is 16.0. The largest absolute Gasteiger partial charge is 0.399 e. The third-order valence-corrected chi connectivity index (χ3v) is 5.50. The van der Waals surface area contributed by atoms with Crippen molar-refractivity contribution >= 4 is 22.6 Å². The van der Waals surface area contributed by atoms with Crippen molar-refractivity contribution in [1.29, 1.82) is 0 Å². The van der Waals surface area contributed by atoms with Crippen LogP contribution in [0, 0.1) is 5.82 Å². The van der Waals surface area contributed by atoms with E-state index in [0.29, 0.717) is 13.1 Å². The SMILES string of the molecule is Nc1ccc(C(=O)NCCN2CCC(n3c(=O)[nH]c4ccccc43)CC2)c(F)c1. The Morgan fingerprint density at radius 2 is 1.97 bits per heavy atom. The summed E-state index contributed by atoms with van der Waals surface area (Å²) in [7, 11) is 0. The van der Waals surface area contributed by atoms with Crippen molar-refractivity contribution in [2.45, 2.75) is 18.9 Å². The van der Waals surface area contributed by atoms with E-state index in [0.717, 1.165) is 43.0 Å². The summed E-state index contributed by atoms with van der Waals surface area (Å²) in [5.41, 5.74) is 7.53. The fourth-order valence-electron chi connectivity index (χ4n) is 3.98. The smallest absolute Gasteiger partial charge is 0.326 e. The van der Waals surface area contributed by atoms with Crippen LogP contribution in [0.5, 0.6) is 0 Å². The van der Waals surface area contributed by atoms with Crippen LogP contribution in [0.3, 0.4) is 0 Å². The van der Waals surface area contributed by atoms with E-state index >= 15 is 0 Å². The molecule has 152 valence electrons. The Hall–Kier alpha value is -3.13. The highest BCUT2D eigenvalue weighted by Crippen LogP contribution is 2.24. The monoisotopic (exact) mass is 397 g/mol. The second kappa shape index (κ2) is 8.08. The summed E-state index contributed by atoms with van der Waals surface area (Å²) in [6.45, 7) is 2.78. The number of aromatic nitrogens is 2. The Labute approximate surface area is 167 Å². The number of nitrogens with two attached hydrogens (primary N) is 1. The van der Waals surface area contributed by atoms with Gasteiger partial charge >= 0.3 is 5.69 Å². The number of halogens is 1. The van der Waals surface area contributed by atoms with Crippen LogP contribution in [-0.4, -0.2) is 46.5 Å². The van der Waals surface area contributed by atoms with Crippen molar-refractivity contribution in [3.05, 3.63) is 64.3 Å². The van der Waals surface area contributed by atoms with Gasteiger partial charge in [-0.25, -0.2) is 9.18 Å². The van der Waals surface area contributed by atoms with Gasteiger partial charge in [-0.3, -0.25) is 9.36 Å². The predicted octanol–water partition coefficient (Wildman–Crippen LogP) is 2.12. The lowest BCUT2D eigenvalue weighted by atomic mass is 10.0. The van der Waals surface area contributed by atoms with E-state index in [4.69, 9.17) is 5.73 Å². The van der Waals surface area contributed by atoms with Crippen LogP contribution in [0.4, 0.5) is 10.1 Å². The van der Waals surface area contributed by atoms with Gasteiger partial charge in [-0.1, -0.05) is 12.1 Å². The Balaban J connectivity index is 1.29. The molecule has 4 rings (SSSR count). The van der Waals surface area contributed by atoms with Crippen LogP contribution in [-0.2, 0) is 0 Å². The standard InChI is InChI=1S/C21H24FN5O2/c22-17-13-14(23)5-6-16(17)20(28)24-9-12-26-10-7-15(8-11-26)27-19-4-2-1-3-18(19)25-21(27)29/h1-6,13,15H,7-12,23H2,(H,24,28)(H,25,29). The molecule has 1 aromatic heterocycles. The third-order valence-electron chi connectivity index (χ3n) is 5.50. The number of hydrogen-bond acceptors (Lipinski definition) is 4. The van der Waals surface area contributed by atoms with Crippen LogP contribution in [0.15, 0.2) is 47.3 Å². The molecule has 0 aliphatic carbocycles. The maximum absolute atomic E-state index is 13.8. The number of rotatable bonds is 5. The number of para-hydroxylation sites is 2. The molecular weight excluding hydrogens is 373 g/mol. The van der Waals surface area contributed by atoms with Crippen molar-refractivity contribution in [2.75, 3.05) is 31.9 Å². The molecule has 1 aliphatic rings. The Morgan fingerprint density at radius 1 is 1.21 bits per heavy atom. The Kier molecular flexibility index (Phi) is 5.35. The number of carbonyl (C=O) groups is 1. The minimum absolute atomic E-state index is 0.00313. The molecule has 2 heterocycles. The van der Waals surface area contributed by atoms with Gasteiger partial charge in [-0.2, -0.15) is 0 Å². The van der Waals surface area contributed by atoms with Gasteiger partial charge in [0.2, 0.25) is 0 Å². The van der Waals surface area contributed by atoms with Crippen LogP contribution in [0.25, 0.3) is 11.0 Å². The molecule has 0 atom stereocenters. The lowest BCUT2D eigenvalue weighted by molar-refractivity contribution is 0.0940. The minimum Gasteiger partial charge on any atom is -0.399 e. The molecule has 4 N–H and O–H groups in total. The first-order chi connectivity index (χ1) is 14.0. The minimum atomic E-state index is -0.618. The van der Waals surface area contributed by atoms with Gasteiger partial charge in [0.15, 0.2) is 0 Å². The number of amides is 1. The highest BCUT2D eigenvalue weighted by molar-refractivity contribution is 5.94. The first-order valence-corrected chi connectivity index (χ1v) is 9.78. The number of hydrogen-bond donors (Lipinski definition) is 3. The first kappa shape index (κ1) is 19.2. The number of nitrogens with zero attached hydrogens (tertiary/aromatic N) is 2. The molecule has 3 aromatic rings. The maximum atomic E-state index is 13.8. The molecule has 1 aliphatic heterocycles. The highest BCUT2D eigenvalue weighted by atomic mass is 19.1. The fraction of sp³-hybridized carbons (Fsp3) is 0.333. The van der Waals surface area contributed by atoms with Crippen LogP contribution < -0.4 is 16.7 Å². The average molecular weight is 397 g/mol. The quantitative estimate of drug-likeness (QED) is 0.575. The molecule has 0 bridgehead atoms. The van der Waals surface area contributed by atoms with Gasteiger partial charge in [0.25, 0.3) is 5.91 Å². The number of H-pyrrole nitrogens is 1. The number of benzene rings is 2. The number of nitrogen functional groups attached to an aromatic ring is 1. The predicted molar refractivity (Wildman–Crippen MR) is 110 cm³/mol. The Bertz CT molecular complexity index is 1080. The van der Waals surface area contributed by atoms with Gasteiger partial charge < -0.3 is 20.9 Å². The third kappa shape index (κ3) is 4.02. The van der Waals surface area contributed by atoms with E-state index in [1.807, 2.05) is 28.8 Å². The average Bonchev–Trinajstić information content (AvgIpc) is 3.04. The molecule has 2 aromatic carbocycles. The summed E-state index contributed by atoms with van der Waals surface area (Å²) in [6.07, 6.45) is 1.73. The topological polar surface area (TPSA) is 96.2 Å². The van der Waals surface area contributed by atoms with Gasteiger partial charge in [0, 0.05) is 37.9 Å². The zero-order valence-corrected chi connectivity index (χ0v) is 16.0. The molecule has 0 saturated carbocycles. The van der Waals surface area contributed by atoms with Gasteiger partial charge in [0.1, 0.15) is 5.82 Å². The molecule has 1 amide bonds. The van der Waals surface area contributed by atoms with E-state index in [2.05, 4.69) is 15.2 Å². The number of fused-ring (bicyclic) bond motifs is 1. The number of piperidine rings is 1. The van der Waals surface area contributed by atoms with E-state index < -0.39 is 11.7 Å². The lowest BCUT2D eigenvalue weighted by Gasteiger charge is -2.32. The molecule has 7 nitrogen and oxygen atoms in total. The lowest BCUT2D eigenvalue weighted by Crippen LogP contribution is -2.41. The van der Waals surface area contributed by atoms with E-state index in [1.165, 1.54) is 12.1 Å². The van der Waals surface area contributed by atoms with Crippen molar-refractivity contribution in [3.8, 4) is 0 Å². The number of imidazole rings is 1. The highest BCUT2D eigenvalue weighted by Gasteiger charge is 2.23. The zero-order chi connectivity index (χ0) is 20.4. The van der Waals surface area contributed by atoms with Crippen molar-refractivity contribution in [2.24, 2.45) is 0 Å². The molecule has 8 heteroatoms. The summed E-state index contributed by atoms with van der Waals surface area (Å²) in [6, 6.07) is 11.9. The second-order valence-corrected chi connectivity index (χ2v) is 7.39. The number of anilines is 1. The fourth-order valence-corrected chi connectivity index (χ4v) is 3.98. The first-order valence-electron chi connectivity index (χ1n) is 9.78. The molecule has 1 saturated heterocycles. The number of nitrogens with one attached hydrogen (secondary N) is 2. The summed E-state index contributed by atoms with van der Waals surface area (Å²) < 4.78 is 15.7. The number of carbonyl (C=O) groups excluding carboxylic acids is 1. The molecule has 1 fully saturated rings. The Morgan fingerprint density at radius 3 is 2.72 bits per heavy atom. The normalized spacial score (nSPS) is 15.6. The van der Waals surface area contributed by atoms with Gasteiger partial charge in [-0.15, -0.1) is 0 Å². The van der Waals surface area contributed by atoms with Crippen LogP contribution >= 0.6 is 0 Å². The maximum Gasteiger partial charge on any atom is 0.326 e. The van der Waals surface area contributed by atoms with Crippen molar-refractivity contribution in [3.63, 3.8) is 0 Å². The van der Waals surface area contributed by atoms with Crippen molar-refractivity contribution in [1.82, 2.24) is 19.8 Å². The summed E-state index contributed by atoms with van der Waals surface area (Å²) in [4.78, 5) is 29.7. The summed E-state index contributed by atoms with van der Waals surface area (Å²) in [5.74, 6) is -1.06. The summed E-state index contributed by atoms with van der Waals surface area (Å²) in [5, 5.41) is 2.76. The second-order valence-electron chi connectivity index (χ2n) is 7.39. The van der Waals surface area contributed by atoms with E-state index in [1.54, 1.807) is 0 Å². The number of aromatic amines is 1.